The number of thiazole rings is 1. The molecule has 3 N–H and O–H groups in total. The van der Waals surface area contributed by atoms with E-state index >= 15 is 0 Å². The van der Waals surface area contributed by atoms with Gasteiger partial charge in [0.25, 0.3) is 0 Å². The Kier molecular flexibility index (Phi) is 7.33. The molecule has 3 aromatic carbocycles. The first-order valence-electron chi connectivity index (χ1n) is 9.93. The van der Waals surface area contributed by atoms with Crippen molar-refractivity contribution in [3.05, 3.63) is 90.1 Å². The average molecular weight is 479 g/mol. The molecule has 4 aromatic rings. The highest BCUT2D eigenvalue weighted by Gasteiger charge is 2.12. The van der Waals surface area contributed by atoms with Crippen LogP contribution in [-0.4, -0.2) is 22.7 Å². The molecule has 0 fully saturated rings. The molecule has 1 aromatic heterocycles. The van der Waals surface area contributed by atoms with E-state index in [-0.39, 0.29) is 17.5 Å². The van der Waals surface area contributed by atoms with Gasteiger partial charge in [-0.15, -0.1) is 23.1 Å². The van der Waals surface area contributed by atoms with Crippen LogP contribution in [0.4, 0.5) is 25.7 Å². The molecule has 0 atom stereocenters. The summed E-state index contributed by atoms with van der Waals surface area (Å²) >= 11 is 2.67. The monoisotopic (exact) mass is 478 g/mol. The van der Waals surface area contributed by atoms with Crippen LogP contribution in [0.15, 0.2) is 89.1 Å². The first-order chi connectivity index (χ1) is 16.1. The van der Waals surface area contributed by atoms with Gasteiger partial charge in [-0.05, 0) is 36.4 Å². The van der Waals surface area contributed by atoms with Gasteiger partial charge in [-0.25, -0.2) is 14.2 Å². The summed E-state index contributed by atoms with van der Waals surface area (Å²) in [5, 5.41) is 10.7. The van der Waals surface area contributed by atoms with Crippen molar-refractivity contribution in [1.82, 2.24) is 4.98 Å². The Labute approximate surface area is 198 Å². The molecule has 3 amide bonds. The Morgan fingerprint density at radius 3 is 2.39 bits per heavy atom. The molecule has 6 nitrogen and oxygen atoms in total. The highest BCUT2D eigenvalue weighted by Crippen LogP contribution is 2.28. The van der Waals surface area contributed by atoms with Crippen molar-refractivity contribution in [2.45, 2.75) is 4.90 Å². The van der Waals surface area contributed by atoms with Crippen molar-refractivity contribution in [2.75, 3.05) is 21.7 Å². The van der Waals surface area contributed by atoms with Gasteiger partial charge < -0.3 is 16.0 Å². The normalized spacial score (nSPS) is 10.5. The summed E-state index contributed by atoms with van der Waals surface area (Å²) in [4.78, 5) is 30.0. The third-order valence-electron chi connectivity index (χ3n) is 4.42. The summed E-state index contributed by atoms with van der Waals surface area (Å²) in [6.45, 7) is 0. The summed E-state index contributed by atoms with van der Waals surface area (Å²) in [7, 11) is 0. The highest BCUT2D eigenvalue weighted by molar-refractivity contribution is 8.00. The smallest absolute Gasteiger partial charge is 0.308 e. The Bertz CT molecular complexity index is 1250. The summed E-state index contributed by atoms with van der Waals surface area (Å²) in [6, 6.07) is 22.0. The Morgan fingerprint density at radius 2 is 1.61 bits per heavy atom. The van der Waals surface area contributed by atoms with Crippen LogP contribution in [0, 0.1) is 5.82 Å². The van der Waals surface area contributed by atoms with Gasteiger partial charge in [0.15, 0.2) is 5.13 Å². The predicted octanol–water partition coefficient (Wildman–Crippen LogP) is 6.32. The number of hydrogen-bond acceptors (Lipinski definition) is 5. The number of rotatable bonds is 7. The summed E-state index contributed by atoms with van der Waals surface area (Å²) in [6.07, 6.45) is 0. The number of hydrogen-bond donors (Lipinski definition) is 3. The second-order valence-electron chi connectivity index (χ2n) is 6.82. The van der Waals surface area contributed by atoms with Gasteiger partial charge in [0, 0.05) is 21.5 Å². The van der Waals surface area contributed by atoms with E-state index in [0.29, 0.717) is 16.5 Å². The lowest BCUT2D eigenvalue weighted by Gasteiger charge is -2.11. The number of carbonyl (C=O) groups excluding carboxylic acids is 2. The molecule has 9 heteroatoms. The predicted molar refractivity (Wildman–Crippen MR) is 132 cm³/mol. The third kappa shape index (κ3) is 6.41. The molecule has 0 saturated carbocycles. The number of para-hydroxylation sites is 1. The van der Waals surface area contributed by atoms with Gasteiger partial charge in [0.2, 0.25) is 5.91 Å². The molecule has 33 heavy (non-hydrogen) atoms. The van der Waals surface area contributed by atoms with Gasteiger partial charge in [-0.1, -0.05) is 42.5 Å². The number of halogens is 1. The Balaban J connectivity index is 1.32. The van der Waals surface area contributed by atoms with Crippen LogP contribution in [0.1, 0.15) is 0 Å². The number of aromatic nitrogens is 1. The van der Waals surface area contributed by atoms with Gasteiger partial charge >= 0.3 is 6.03 Å². The number of carbonyl (C=O) groups is 2. The number of nitrogens with one attached hydrogen (secondary N) is 3. The SMILES string of the molecule is O=C(CSc1ccccc1NC(=O)Nc1ccc(F)cc1)Nc1nc(-c2ccccc2)cs1. The van der Waals surface area contributed by atoms with E-state index in [1.807, 2.05) is 47.8 Å². The molecular formula is C24H19FN4O2S2. The van der Waals surface area contributed by atoms with Crippen LogP contribution in [-0.2, 0) is 4.79 Å². The number of amides is 3. The number of nitrogens with zero attached hydrogens (tertiary/aromatic N) is 1. The van der Waals surface area contributed by atoms with Crippen LogP contribution in [0.2, 0.25) is 0 Å². The van der Waals surface area contributed by atoms with E-state index in [1.54, 1.807) is 12.1 Å². The van der Waals surface area contributed by atoms with Gasteiger partial charge in [0.1, 0.15) is 5.82 Å². The van der Waals surface area contributed by atoms with Gasteiger partial charge in [-0.2, -0.15) is 0 Å². The fraction of sp³-hybridized carbons (Fsp3) is 0.0417. The summed E-state index contributed by atoms with van der Waals surface area (Å²) in [5.41, 5.74) is 2.83. The van der Waals surface area contributed by atoms with E-state index < -0.39 is 6.03 Å². The quantitative estimate of drug-likeness (QED) is 0.271. The highest BCUT2D eigenvalue weighted by atomic mass is 32.2. The molecule has 0 spiro atoms. The fourth-order valence-electron chi connectivity index (χ4n) is 2.88. The number of anilines is 3. The minimum atomic E-state index is -0.463. The molecular weight excluding hydrogens is 459 g/mol. The minimum absolute atomic E-state index is 0.151. The zero-order chi connectivity index (χ0) is 23.0. The van der Waals surface area contributed by atoms with E-state index in [1.165, 1.54) is 47.4 Å². The molecule has 0 aliphatic heterocycles. The van der Waals surface area contributed by atoms with Gasteiger partial charge in [-0.3, -0.25) is 4.79 Å². The van der Waals surface area contributed by atoms with E-state index in [2.05, 4.69) is 20.9 Å². The molecule has 0 radical (unpaired) electrons. The standard InChI is InChI=1S/C24H19FN4O2S2/c25-17-10-12-18(13-11-17)26-23(31)27-19-8-4-5-9-21(19)32-15-22(30)29-24-28-20(14-33-24)16-6-2-1-3-7-16/h1-14H,15H2,(H2,26,27,31)(H,28,29,30). The topological polar surface area (TPSA) is 83.1 Å². The van der Waals surface area contributed by atoms with Crippen molar-refractivity contribution in [1.29, 1.82) is 0 Å². The maximum absolute atomic E-state index is 13.0. The first-order valence-corrected chi connectivity index (χ1v) is 11.8. The van der Waals surface area contributed by atoms with Crippen molar-refractivity contribution in [2.24, 2.45) is 0 Å². The molecule has 0 unspecified atom stereocenters. The third-order valence-corrected chi connectivity index (χ3v) is 6.25. The zero-order valence-electron chi connectivity index (χ0n) is 17.2. The lowest BCUT2D eigenvalue weighted by molar-refractivity contribution is -0.113. The van der Waals surface area contributed by atoms with Crippen LogP contribution < -0.4 is 16.0 Å². The molecule has 0 aliphatic rings. The molecule has 166 valence electrons. The lowest BCUT2D eigenvalue weighted by atomic mass is 10.2. The average Bonchev–Trinajstić information content (AvgIpc) is 3.29. The van der Waals surface area contributed by atoms with Crippen LogP contribution >= 0.6 is 23.1 Å². The fourth-order valence-corrected chi connectivity index (χ4v) is 4.43. The van der Waals surface area contributed by atoms with Crippen molar-refractivity contribution in [3.8, 4) is 11.3 Å². The Hall–Kier alpha value is -3.69. The second-order valence-corrected chi connectivity index (χ2v) is 8.70. The molecule has 0 aliphatic carbocycles. The lowest BCUT2D eigenvalue weighted by Crippen LogP contribution is -2.20. The first kappa shape index (κ1) is 22.5. The maximum Gasteiger partial charge on any atom is 0.323 e. The second kappa shape index (κ2) is 10.8. The van der Waals surface area contributed by atoms with Gasteiger partial charge in [0.05, 0.1) is 17.1 Å². The van der Waals surface area contributed by atoms with E-state index in [9.17, 15) is 14.0 Å². The van der Waals surface area contributed by atoms with Crippen LogP contribution in [0.25, 0.3) is 11.3 Å². The maximum atomic E-state index is 13.0. The van der Waals surface area contributed by atoms with Crippen LogP contribution in [0.3, 0.4) is 0 Å². The zero-order valence-corrected chi connectivity index (χ0v) is 18.9. The summed E-state index contributed by atoms with van der Waals surface area (Å²) < 4.78 is 13.0. The van der Waals surface area contributed by atoms with Crippen molar-refractivity contribution in [3.63, 3.8) is 0 Å². The number of benzene rings is 3. The minimum Gasteiger partial charge on any atom is -0.308 e. The molecule has 1 heterocycles. The summed E-state index contributed by atoms with van der Waals surface area (Å²) in [5.74, 6) is -0.423. The molecule has 0 bridgehead atoms. The van der Waals surface area contributed by atoms with E-state index in [0.717, 1.165) is 16.2 Å². The van der Waals surface area contributed by atoms with Crippen LogP contribution in [0.5, 0.6) is 0 Å². The molecule has 0 saturated heterocycles. The molecule has 4 rings (SSSR count). The van der Waals surface area contributed by atoms with Crippen molar-refractivity contribution >= 4 is 51.5 Å². The van der Waals surface area contributed by atoms with E-state index in [4.69, 9.17) is 0 Å². The largest absolute Gasteiger partial charge is 0.323 e. The number of urea groups is 1. The number of thioether (sulfide) groups is 1. The Morgan fingerprint density at radius 1 is 0.879 bits per heavy atom. The van der Waals surface area contributed by atoms with Crippen molar-refractivity contribution < 1.29 is 14.0 Å².